The molecule has 1 saturated carbocycles. The Morgan fingerprint density at radius 3 is 2.57 bits per heavy atom. The molecule has 1 fully saturated rings. The summed E-state index contributed by atoms with van der Waals surface area (Å²) in [7, 11) is 0. The molecule has 2 rings (SSSR count). The molecule has 3 N–H and O–H groups in total. The zero-order valence-electron chi connectivity index (χ0n) is 8.18. The molecule has 0 heterocycles. The number of rotatable bonds is 1. The lowest BCUT2D eigenvalue weighted by atomic mass is 9.72. The Hall–Kier alpha value is -1.09. The van der Waals surface area contributed by atoms with Crippen LogP contribution in [0.1, 0.15) is 30.4 Å². The van der Waals surface area contributed by atoms with Crippen LogP contribution in [0.2, 0.25) is 0 Å². The summed E-state index contributed by atoms with van der Waals surface area (Å²) in [6.45, 7) is 1.68. The molecule has 3 heteroatoms. The van der Waals surface area contributed by atoms with Crippen LogP contribution in [0, 0.1) is 12.7 Å². The van der Waals surface area contributed by atoms with E-state index in [0.717, 1.165) is 19.3 Å². The van der Waals surface area contributed by atoms with Crippen LogP contribution < -0.4 is 5.73 Å². The van der Waals surface area contributed by atoms with Gasteiger partial charge in [0.15, 0.2) is 0 Å². The lowest BCUT2D eigenvalue weighted by Gasteiger charge is -2.39. The summed E-state index contributed by atoms with van der Waals surface area (Å²) >= 11 is 0. The van der Waals surface area contributed by atoms with E-state index in [1.165, 1.54) is 12.1 Å². The summed E-state index contributed by atoms with van der Waals surface area (Å²) in [4.78, 5) is 0. The highest BCUT2D eigenvalue weighted by Gasteiger charge is 2.37. The van der Waals surface area contributed by atoms with Gasteiger partial charge in [-0.25, -0.2) is 4.39 Å². The van der Waals surface area contributed by atoms with Crippen LogP contribution in [-0.4, -0.2) is 5.11 Å². The SMILES string of the molecule is Cc1cc(F)cc(C2(N)CCC2)c1O. The zero-order chi connectivity index (χ0) is 10.3. The number of phenolic OH excluding ortho intramolecular Hbond substituents is 1. The highest BCUT2D eigenvalue weighted by atomic mass is 19.1. The van der Waals surface area contributed by atoms with E-state index < -0.39 is 5.54 Å². The van der Waals surface area contributed by atoms with Crippen molar-refractivity contribution < 1.29 is 9.50 Å². The van der Waals surface area contributed by atoms with Gasteiger partial charge in [-0.2, -0.15) is 0 Å². The first-order valence-corrected chi connectivity index (χ1v) is 4.81. The van der Waals surface area contributed by atoms with Crippen molar-refractivity contribution >= 4 is 0 Å². The van der Waals surface area contributed by atoms with Crippen LogP contribution in [-0.2, 0) is 5.54 Å². The van der Waals surface area contributed by atoms with Crippen molar-refractivity contribution in [3.8, 4) is 5.75 Å². The van der Waals surface area contributed by atoms with Crippen molar-refractivity contribution in [2.24, 2.45) is 5.73 Å². The average Bonchev–Trinajstić information content (AvgIpc) is 2.07. The van der Waals surface area contributed by atoms with Gasteiger partial charge >= 0.3 is 0 Å². The third-order valence-electron chi connectivity index (χ3n) is 3.05. The Morgan fingerprint density at radius 1 is 1.43 bits per heavy atom. The number of aryl methyl sites for hydroxylation is 1. The molecule has 0 aliphatic heterocycles. The monoisotopic (exact) mass is 195 g/mol. The lowest BCUT2D eigenvalue weighted by Crippen LogP contribution is -2.43. The second kappa shape index (κ2) is 2.95. The molecular formula is C11H14FNO. The van der Waals surface area contributed by atoms with E-state index in [2.05, 4.69) is 0 Å². The van der Waals surface area contributed by atoms with Gasteiger partial charge in [-0.3, -0.25) is 0 Å². The number of aromatic hydroxyl groups is 1. The normalized spacial score (nSPS) is 19.1. The van der Waals surface area contributed by atoms with Crippen LogP contribution >= 0.6 is 0 Å². The molecular weight excluding hydrogens is 181 g/mol. The largest absolute Gasteiger partial charge is 0.507 e. The summed E-state index contributed by atoms with van der Waals surface area (Å²) in [6, 6.07) is 2.67. The van der Waals surface area contributed by atoms with E-state index in [4.69, 9.17) is 5.73 Å². The van der Waals surface area contributed by atoms with Crippen LogP contribution in [0.4, 0.5) is 4.39 Å². The number of nitrogens with two attached hydrogens (primary N) is 1. The van der Waals surface area contributed by atoms with Crippen molar-refractivity contribution in [1.82, 2.24) is 0 Å². The highest BCUT2D eigenvalue weighted by Crippen LogP contribution is 2.43. The molecule has 1 aliphatic rings. The van der Waals surface area contributed by atoms with Gasteiger partial charge in [0, 0.05) is 11.1 Å². The maximum atomic E-state index is 13.1. The molecule has 0 saturated heterocycles. The van der Waals surface area contributed by atoms with Crippen molar-refractivity contribution in [2.75, 3.05) is 0 Å². The van der Waals surface area contributed by atoms with Crippen LogP contribution in [0.25, 0.3) is 0 Å². The molecule has 14 heavy (non-hydrogen) atoms. The minimum atomic E-state index is -0.503. The van der Waals surface area contributed by atoms with Gasteiger partial charge in [-0.15, -0.1) is 0 Å². The number of hydrogen-bond donors (Lipinski definition) is 2. The first kappa shape index (κ1) is 9.46. The molecule has 76 valence electrons. The third-order valence-corrected chi connectivity index (χ3v) is 3.05. The van der Waals surface area contributed by atoms with Gasteiger partial charge < -0.3 is 10.8 Å². The van der Waals surface area contributed by atoms with Crippen molar-refractivity contribution in [3.63, 3.8) is 0 Å². The predicted molar refractivity (Wildman–Crippen MR) is 52.5 cm³/mol. The van der Waals surface area contributed by atoms with Gasteiger partial charge in [0.1, 0.15) is 11.6 Å². The fraction of sp³-hybridized carbons (Fsp3) is 0.455. The lowest BCUT2D eigenvalue weighted by molar-refractivity contribution is 0.244. The molecule has 1 aromatic rings. The van der Waals surface area contributed by atoms with E-state index in [0.29, 0.717) is 11.1 Å². The van der Waals surface area contributed by atoms with Crippen LogP contribution in [0.5, 0.6) is 5.75 Å². The summed E-state index contributed by atoms with van der Waals surface area (Å²) in [5, 5.41) is 9.78. The molecule has 1 aromatic carbocycles. The summed E-state index contributed by atoms with van der Waals surface area (Å²) < 4.78 is 13.1. The first-order valence-electron chi connectivity index (χ1n) is 4.81. The highest BCUT2D eigenvalue weighted by molar-refractivity contribution is 5.45. The second-order valence-electron chi connectivity index (χ2n) is 4.13. The minimum Gasteiger partial charge on any atom is -0.507 e. The van der Waals surface area contributed by atoms with Crippen LogP contribution in [0.3, 0.4) is 0 Å². The summed E-state index contributed by atoms with van der Waals surface area (Å²) in [5.41, 5.74) is 6.64. The second-order valence-corrected chi connectivity index (χ2v) is 4.13. The van der Waals surface area contributed by atoms with E-state index in [9.17, 15) is 9.50 Å². The van der Waals surface area contributed by atoms with Crippen molar-refractivity contribution in [3.05, 3.63) is 29.1 Å². The van der Waals surface area contributed by atoms with E-state index in [1.807, 2.05) is 0 Å². The van der Waals surface area contributed by atoms with E-state index in [-0.39, 0.29) is 11.6 Å². The van der Waals surface area contributed by atoms with E-state index >= 15 is 0 Å². The Balaban J connectivity index is 2.51. The average molecular weight is 195 g/mol. The zero-order valence-corrected chi connectivity index (χ0v) is 8.18. The van der Waals surface area contributed by atoms with Crippen molar-refractivity contribution in [1.29, 1.82) is 0 Å². The Bertz CT molecular complexity index is 372. The topological polar surface area (TPSA) is 46.2 Å². The van der Waals surface area contributed by atoms with Gasteiger partial charge in [-0.05, 0) is 43.9 Å². The van der Waals surface area contributed by atoms with Gasteiger partial charge in [0.05, 0.1) is 0 Å². The number of phenols is 1. The molecule has 0 spiro atoms. The van der Waals surface area contributed by atoms with Crippen LogP contribution in [0.15, 0.2) is 12.1 Å². The Kier molecular flexibility index (Phi) is 2.00. The number of benzene rings is 1. The minimum absolute atomic E-state index is 0.147. The first-order chi connectivity index (χ1) is 6.53. The van der Waals surface area contributed by atoms with Gasteiger partial charge in [0.2, 0.25) is 0 Å². The van der Waals surface area contributed by atoms with E-state index in [1.54, 1.807) is 6.92 Å². The maximum absolute atomic E-state index is 13.1. The predicted octanol–water partition coefficient (Wildman–Crippen LogP) is 2.18. The molecule has 0 bridgehead atoms. The Morgan fingerprint density at radius 2 is 2.07 bits per heavy atom. The molecule has 2 nitrogen and oxygen atoms in total. The number of hydrogen-bond acceptors (Lipinski definition) is 2. The number of halogens is 1. The Labute approximate surface area is 82.5 Å². The fourth-order valence-electron chi connectivity index (χ4n) is 1.94. The maximum Gasteiger partial charge on any atom is 0.124 e. The third kappa shape index (κ3) is 1.28. The molecule has 0 aromatic heterocycles. The standard InChI is InChI=1S/C11H14FNO/c1-7-5-8(12)6-9(10(7)14)11(13)3-2-4-11/h5-6,14H,2-4,13H2,1H3. The smallest absolute Gasteiger partial charge is 0.124 e. The summed E-state index contributed by atoms with van der Waals surface area (Å²) in [5.74, 6) is -0.180. The fourth-order valence-corrected chi connectivity index (χ4v) is 1.94. The molecule has 0 radical (unpaired) electrons. The van der Waals surface area contributed by atoms with Crippen molar-refractivity contribution in [2.45, 2.75) is 31.7 Å². The van der Waals surface area contributed by atoms with Gasteiger partial charge in [-0.1, -0.05) is 0 Å². The molecule has 1 aliphatic carbocycles. The summed E-state index contributed by atoms with van der Waals surface area (Å²) in [6.07, 6.45) is 2.69. The molecule has 0 unspecified atom stereocenters. The quantitative estimate of drug-likeness (QED) is 0.721. The molecule has 0 atom stereocenters. The molecule has 0 amide bonds. The van der Waals surface area contributed by atoms with Gasteiger partial charge in [0.25, 0.3) is 0 Å².